The molecule has 0 radical (unpaired) electrons. The maximum atomic E-state index is 12.3. The minimum absolute atomic E-state index is 0.0230. The highest BCUT2D eigenvalue weighted by atomic mass is 16.2. The van der Waals surface area contributed by atoms with Crippen LogP contribution in [-0.4, -0.2) is 42.3 Å². The smallest absolute Gasteiger partial charge is 0.253 e. The van der Waals surface area contributed by atoms with Crippen molar-refractivity contribution >= 4 is 22.7 Å². The second kappa shape index (κ2) is 7.21. The van der Waals surface area contributed by atoms with Crippen LogP contribution in [0.25, 0.3) is 10.9 Å². The zero-order valence-electron chi connectivity index (χ0n) is 14.4. The van der Waals surface area contributed by atoms with Crippen molar-refractivity contribution in [3.8, 4) is 0 Å². The van der Waals surface area contributed by atoms with Crippen molar-refractivity contribution in [2.45, 2.75) is 6.42 Å². The maximum Gasteiger partial charge on any atom is 0.253 e. The molecule has 0 aliphatic rings. The van der Waals surface area contributed by atoms with Crippen molar-refractivity contribution in [2.75, 3.05) is 20.6 Å². The molecule has 25 heavy (non-hydrogen) atoms. The third kappa shape index (κ3) is 3.88. The standard InChI is InChI=1S/C20H21N3O2/c1-23(2)20(25)17-5-3-4-14(12-17)8-10-22-19(24)16-7-6-15-9-11-21-18(15)13-16/h3-7,9,11-13,21H,8,10H2,1-2H3,(H,22,24). The molecule has 3 aromatic rings. The molecule has 0 saturated heterocycles. The van der Waals surface area contributed by atoms with E-state index in [1.807, 2.05) is 48.7 Å². The van der Waals surface area contributed by atoms with Gasteiger partial charge in [-0.3, -0.25) is 9.59 Å². The lowest BCUT2D eigenvalue weighted by molar-refractivity contribution is 0.0827. The van der Waals surface area contributed by atoms with E-state index >= 15 is 0 Å². The Balaban J connectivity index is 1.59. The number of benzene rings is 2. The first kappa shape index (κ1) is 16.8. The first-order chi connectivity index (χ1) is 12.0. The van der Waals surface area contributed by atoms with Crippen LogP contribution in [0.15, 0.2) is 54.7 Å². The van der Waals surface area contributed by atoms with Gasteiger partial charge in [0.05, 0.1) is 0 Å². The van der Waals surface area contributed by atoms with Gasteiger partial charge in [-0.15, -0.1) is 0 Å². The van der Waals surface area contributed by atoms with E-state index in [0.717, 1.165) is 16.5 Å². The summed E-state index contributed by atoms with van der Waals surface area (Å²) >= 11 is 0. The van der Waals surface area contributed by atoms with Gasteiger partial charge >= 0.3 is 0 Å². The van der Waals surface area contributed by atoms with E-state index in [-0.39, 0.29) is 11.8 Å². The number of hydrogen-bond acceptors (Lipinski definition) is 2. The number of hydrogen-bond donors (Lipinski definition) is 2. The fourth-order valence-electron chi connectivity index (χ4n) is 2.73. The predicted octanol–water partition coefficient (Wildman–Crippen LogP) is 2.84. The monoisotopic (exact) mass is 335 g/mol. The number of carbonyl (C=O) groups is 2. The fourth-order valence-corrected chi connectivity index (χ4v) is 2.73. The molecule has 2 aromatic carbocycles. The molecule has 0 unspecified atom stereocenters. The number of amides is 2. The van der Waals surface area contributed by atoms with Crippen LogP contribution in [0.2, 0.25) is 0 Å². The number of rotatable bonds is 5. The Bertz CT molecular complexity index is 912. The molecular formula is C20H21N3O2. The van der Waals surface area contributed by atoms with E-state index in [4.69, 9.17) is 0 Å². The molecular weight excluding hydrogens is 314 g/mol. The number of nitrogens with one attached hydrogen (secondary N) is 2. The van der Waals surface area contributed by atoms with Gasteiger partial charge in [0, 0.05) is 43.5 Å². The van der Waals surface area contributed by atoms with Gasteiger partial charge in [-0.05, 0) is 47.7 Å². The summed E-state index contributed by atoms with van der Waals surface area (Å²) in [7, 11) is 3.46. The van der Waals surface area contributed by atoms with Gasteiger partial charge < -0.3 is 15.2 Å². The minimum Gasteiger partial charge on any atom is -0.361 e. The highest BCUT2D eigenvalue weighted by molar-refractivity contribution is 5.98. The molecule has 0 spiro atoms. The van der Waals surface area contributed by atoms with Crippen molar-refractivity contribution in [3.05, 3.63) is 71.4 Å². The molecule has 1 heterocycles. The SMILES string of the molecule is CN(C)C(=O)c1cccc(CCNC(=O)c2ccc3cc[nH]c3c2)c1. The lowest BCUT2D eigenvalue weighted by Gasteiger charge is -2.11. The van der Waals surface area contributed by atoms with Crippen molar-refractivity contribution in [1.29, 1.82) is 0 Å². The Labute approximate surface area is 146 Å². The first-order valence-electron chi connectivity index (χ1n) is 8.20. The van der Waals surface area contributed by atoms with Crippen LogP contribution < -0.4 is 5.32 Å². The van der Waals surface area contributed by atoms with Crippen molar-refractivity contribution < 1.29 is 9.59 Å². The average molecular weight is 335 g/mol. The van der Waals surface area contributed by atoms with Gasteiger partial charge in [0.25, 0.3) is 11.8 Å². The van der Waals surface area contributed by atoms with Crippen molar-refractivity contribution in [3.63, 3.8) is 0 Å². The van der Waals surface area contributed by atoms with Crippen molar-refractivity contribution in [2.24, 2.45) is 0 Å². The Kier molecular flexibility index (Phi) is 4.84. The highest BCUT2D eigenvalue weighted by Crippen LogP contribution is 2.14. The third-order valence-electron chi connectivity index (χ3n) is 4.10. The molecule has 2 N–H and O–H groups in total. The zero-order chi connectivity index (χ0) is 17.8. The Hall–Kier alpha value is -3.08. The molecule has 3 rings (SSSR count). The van der Waals surface area contributed by atoms with E-state index in [1.165, 1.54) is 0 Å². The lowest BCUT2D eigenvalue weighted by Crippen LogP contribution is -2.26. The van der Waals surface area contributed by atoms with Crippen LogP contribution in [0.3, 0.4) is 0 Å². The van der Waals surface area contributed by atoms with E-state index in [9.17, 15) is 9.59 Å². The lowest BCUT2D eigenvalue weighted by atomic mass is 10.1. The number of H-pyrrole nitrogens is 1. The largest absolute Gasteiger partial charge is 0.361 e. The molecule has 5 nitrogen and oxygen atoms in total. The second-order valence-corrected chi connectivity index (χ2v) is 6.19. The Morgan fingerprint density at radius 2 is 1.88 bits per heavy atom. The molecule has 0 atom stereocenters. The summed E-state index contributed by atoms with van der Waals surface area (Å²) in [6.07, 6.45) is 2.53. The Morgan fingerprint density at radius 3 is 2.68 bits per heavy atom. The normalized spacial score (nSPS) is 10.6. The predicted molar refractivity (Wildman–Crippen MR) is 98.8 cm³/mol. The van der Waals surface area contributed by atoms with Crippen LogP contribution >= 0.6 is 0 Å². The van der Waals surface area contributed by atoms with E-state index < -0.39 is 0 Å². The average Bonchev–Trinajstić information content (AvgIpc) is 3.08. The van der Waals surface area contributed by atoms with E-state index in [1.54, 1.807) is 25.1 Å². The molecule has 128 valence electrons. The van der Waals surface area contributed by atoms with Gasteiger partial charge in [-0.25, -0.2) is 0 Å². The molecule has 0 fully saturated rings. The molecule has 5 heteroatoms. The summed E-state index contributed by atoms with van der Waals surface area (Å²) in [5.74, 6) is -0.123. The number of carbonyl (C=O) groups excluding carboxylic acids is 2. The van der Waals surface area contributed by atoms with Crippen molar-refractivity contribution in [1.82, 2.24) is 15.2 Å². The van der Waals surface area contributed by atoms with Gasteiger partial charge in [-0.1, -0.05) is 18.2 Å². The number of nitrogens with zero attached hydrogens (tertiary/aromatic N) is 1. The summed E-state index contributed by atoms with van der Waals surface area (Å²) in [5.41, 5.74) is 3.26. The fraction of sp³-hybridized carbons (Fsp3) is 0.200. The topological polar surface area (TPSA) is 65.2 Å². The van der Waals surface area contributed by atoms with Crippen LogP contribution in [0, 0.1) is 0 Å². The quantitative estimate of drug-likeness (QED) is 0.753. The summed E-state index contributed by atoms with van der Waals surface area (Å²) in [6, 6.07) is 15.1. The van der Waals surface area contributed by atoms with Crippen LogP contribution in [-0.2, 0) is 6.42 Å². The number of aromatic nitrogens is 1. The number of fused-ring (bicyclic) bond motifs is 1. The molecule has 0 saturated carbocycles. The zero-order valence-corrected chi connectivity index (χ0v) is 14.4. The van der Waals surface area contributed by atoms with E-state index in [0.29, 0.717) is 24.1 Å². The Morgan fingerprint density at radius 1 is 1.04 bits per heavy atom. The van der Waals surface area contributed by atoms with Crippen LogP contribution in [0.1, 0.15) is 26.3 Å². The van der Waals surface area contributed by atoms with Gasteiger partial charge in [-0.2, -0.15) is 0 Å². The molecule has 0 aliphatic heterocycles. The molecule has 0 aliphatic carbocycles. The summed E-state index contributed by atoms with van der Waals surface area (Å²) < 4.78 is 0. The maximum absolute atomic E-state index is 12.3. The first-order valence-corrected chi connectivity index (χ1v) is 8.20. The van der Waals surface area contributed by atoms with Crippen LogP contribution in [0.5, 0.6) is 0 Å². The molecule has 2 amide bonds. The van der Waals surface area contributed by atoms with E-state index in [2.05, 4.69) is 10.3 Å². The summed E-state index contributed by atoms with van der Waals surface area (Å²) in [4.78, 5) is 28.9. The highest BCUT2D eigenvalue weighted by Gasteiger charge is 2.09. The number of aromatic amines is 1. The molecule has 0 bridgehead atoms. The molecule has 1 aromatic heterocycles. The minimum atomic E-state index is -0.1000. The van der Waals surface area contributed by atoms with Gasteiger partial charge in [0.15, 0.2) is 0 Å². The third-order valence-corrected chi connectivity index (χ3v) is 4.10. The summed E-state index contributed by atoms with van der Waals surface area (Å²) in [6.45, 7) is 0.515. The van der Waals surface area contributed by atoms with Gasteiger partial charge in [0.1, 0.15) is 0 Å². The van der Waals surface area contributed by atoms with Crippen LogP contribution in [0.4, 0.5) is 0 Å². The van der Waals surface area contributed by atoms with Gasteiger partial charge in [0.2, 0.25) is 0 Å². The summed E-state index contributed by atoms with van der Waals surface area (Å²) in [5, 5.41) is 4.01. The second-order valence-electron chi connectivity index (χ2n) is 6.19.